The Balaban J connectivity index is 0.903. The number of para-hydroxylation sites is 1. The van der Waals surface area contributed by atoms with E-state index in [0.29, 0.717) is 0 Å². The third-order valence-electron chi connectivity index (χ3n) is 12.5. The summed E-state index contributed by atoms with van der Waals surface area (Å²) >= 11 is 0. The molecule has 0 aliphatic heterocycles. The van der Waals surface area contributed by atoms with E-state index in [2.05, 4.69) is 289 Å². The number of hydrogen-bond donors (Lipinski definition) is 0. The molecule has 0 saturated heterocycles. The van der Waals surface area contributed by atoms with Gasteiger partial charge in [0, 0.05) is 33.8 Å². The minimum absolute atomic E-state index is 1.08. The van der Waals surface area contributed by atoms with E-state index in [-0.39, 0.29) is 0 Å². The van der Waals surface area contributed by atoms with E-state index >= 15 is 0 Å². The van der Waals surface area contributed by atoms with Crippen molar-refractivity contribution in [1.29, 1.82) is 0 Å². The molecule has 2 heteroatoms. The van der Waals surface area contributed by atoms with E-state index in [9.17, 15) is 0 Å². The number of nitrogens with zero attached hydrogens (tertiary/aromatic N) is 2. The highest BCUT2D eigenvalue weighted by molar-refractivity contribution is 5.99. The average Bonchev–Trinajstić information content (AvgIpc) is 3.41. The number of benzene rings is 11. The van der Waals surface area contributed by atoms with E-state index in [1.807, 2.05) is 0 Å². The summed E-state index contributed by atoms with van der Waals surface area (Å²) in [6, 6.07) is 100. The molecule has 0 N–H and O–H groups in total. The van der Waals surface area contributed by atoms with Crippen molar-refractivity contribution in [2.24, 2.45) is 0 Å². The Morgan fingerprint density at radius 2 is 0.424 bits per heavy atom. The Hall–Kier alpha value is -8.72. The van der Waals surface area contributed by atoms with E-state index < -0.39 is 0 Å². The van der Waals surface area contributed by atoms with Crippen LogP contribution in [0.25, 0.3) is 66.4 Å². The highest BCUT2D eigenvalue weighted by atomic mass is 15.1. The van der Waals surface area contributed by atoms with Gasteiger partial charge in [0.15, 0.2) is 0 Å². The fraction of sp³-hybridized carbons (Fsp3) is 0. The van der Waals surface area contributed by atoms with E-state index in [4.69, 9.17) is 0 Å². The summed E-state index contributed by atoms with van der Waals surface area (Å²) in [7, 11) is 0. The highest BCUT2D eigenvalue weighted by Crippen LogP contribution is 2.41. The van der Waals surface area contributed by atoms with Crippen molar-refractivity contribution in [3.8, 4) is 55.6 Å². The molecule has 2 nitrogen and oxygen atoms in total. The van der Waals surface area contributed by atoms with Crippen LogP contribution in [0.5, 0.6) is 0 Å². The molecule has 0 amide bonds. The summed E-state index contributed by atoms with van der Waals surface area (Å²) in [6.07, 6.45) is 0. The fourth-order valence-corrected chi connectivity index (χ4v) is 9.04. The Kier molecular flexibility index (Phi) is 11.0. The lowest BCUT2D eigenvalue weighted by Crippen LogP contribution is -2.10. The molecule has 11 aromatic carbocycles. The Morgan fingerprint density at radius 3 is 0.803 bits per heavy atom. The molecule has 66 heavy (non-hydrogen) atoms. The van der Waals surface area contributed by atoms with Crippen molar-refractivity contribution in [2.75, 3.05) is 9.80 Å². The van der Waals surface area contributed by atoms with Gasteiger partial charge in [0.1, 0.15) is 0 Å². The first kappa shape index (κ1) is 40.1. The van der Waals surface area contributed by atoms with Crippen LogP contribution in [-0.2, 0) is 0 Å². The van der Waals surface area contributed by atoms with Gasteiger partial charge in [-0.1, -0.05) is 212 Å². The van der Waals surface area contributed by atoms with Crippen LogP contribution in [0.2, 0.25) is 0 Å². The summed E-state index contributed by atoms with van der Waals surface area (Å²) < 4.78 is 0. The van der Waals surface area contributed by atoms with Gasteiger partial charge in [0.25, 0.3) is 0 Å². The van der Waals surface area contributed by atoms with Crippen LogP contribution in [0.15, 0.2) is 279 Å². The van der Waals surface area contributed by atoms with Gasteiger partial charge < -0.3 is 9.80 Å². The van der Waals surface area contributed by atoms with Gasteiger partial charge in [-0.05, 0) is 128 Å². The smallest absolute Gasteiger partial charge is 0.0540 e. The van der Waals surface area contributed by atoms with Crippen LogP contribution >= 0.6 is 0 Å². The summed E-state index contributed by atoms with van der Waals surface area (Å²) in [6.45, 7) is 0. The Bertz CT molecular complexity index is 3200. The van der Waals surface area contributed by atoms with Gasteiger partial charge in [-0.25, -0.2) is 0 Å². The molecule has 0 unspecified atom stereocenters. The van der Waals surface area contributed by atoms with E-state index in [0.717, 1.165) is 45.3 Å². The number of anilines is 6. The molecular weight excluding hydrogens is 797 g/mol. The zero-order chi connectivity index (χ0) is 44.1. The van der Waals surface area contributed by atoms with Gasteiger partial charge >= 0.3 is 0 Å². The molecule has 0 atom stereocenters. The van der Waals surface area contributed by atoms with Crippen LogP contribution in [0.4, 0.5) is 34.1 Å². The zero-order valence-electron chi connectivity index (χ0n) is 36.5. The Labute approximate surface area is 387 Å². The third-order valence-corrected chi connectivity index (χ3v) is 12.5. The molecule has 11 rings (SSSR count). The SMILES string of the molecule is c1ccc(-c2ccc(-c3ccc(N(c4ccc(-c5ccc(-c6ccccc6)cc5)cc4)c4ccc(-c5ccc(N(c6ccccc6)c6cccc7ccccc67)cc5)cc4)cc3)cc2)cc1. The molecule has 0 bridgehead atoms. The van der Waals surface area contributed by atoms with Crippen LogP contribution in [0.3, 0.4) is 0 Å². The maximum absolute atomic E-state index is 2.35. The maximum atomic E-state index is 2.35. The first-order chi connectivity index (χ1) is 32.7. The highest BCUT2D eigenvalue weighted by Gasteiger charge is 2.17. The molecule has 0 saturated carbocycles. The largest absolute Gasteiger partial charge is 0.311 e. The monoisotopic (exact) mass is 842 g/mol. The summed E-state index contributed by atoms with van der Waals surface area (Å²) in [5, 5.41) is 2.43. The topological polar surface area (TPSA) is 6.48 Å². The number of fused-ring (bicyclic) bond motifs is 1. The van der Waals surface area contributed by atoms with Crippen molar-refractivity contribution >= 4 is 44.9 Å². The van der Waals surface area contributed by atoms with Gasteiger partial charge in [0.05, 0.1) is 5.69 Å². The molecule has 312 valence electrons. The summed E-state index contributed by atoms with van der Waals surface area (Å²) in [5.74, 6) is 0. The summed E-state index contributed by atoms with van der Waals surface area (Å²) in [4.78, 5) is 4.70. The fourth-order valence-electron chi connectivity index (χ4n) is 9.04. The molecule has 0 fully saturated rings. The minimum Gasteiger partial charge on any atom is -0.311 e. The lowest BCUT2D eigenvalue weighted by Gasteiger charge is -2.27. The minimum atomic E-state index is 1.08. The molecular formula is C64H46N2. The predicted molar refractivity (Wildman–Crippen MR) is 280 cm³/mol. The Morgan fingerprint density at radius 1 is 0.167 bits per heavy atom. The molecule has 0 spiro atoms. The van der Waals surface area contributed by atoms with Crippen LogP contribution < -0.4 is 9.80 Å². The predicted octanol–water partition coefficient (Wildman–Crippen LogP) is 18.1. The second-order valence-corrected chi connectivity index (χ2v) is 16.6. The normalized spacial score (nSPS) is 11.0. The summed E-state index contributed by atoms with van der Waals surface area (Å²) in [5.41, 5.74) is 18.6. The molecule has 0 aromatic heterocycles. The van der Waals surface area contributed by atoms with Gasteiger partial charge in [-0.2, -0.15) is 0 Å². The van der Waals surface area contributed by atoms with Crippen molar-refractivity contribution in [3.63, 3.8) is 0 Å². The first-order valence-electron chi connectivity index (χ1n) is 22.6. The lowest BCUT2D eigenvalue weighted by atomic mass is 9.99. The van der Waals surface area contributed by atoms with Crippen LogP contribution in [0, 0.1) is 0 Å². The first-order valence-corrected chi connectivity index (χ1v) is 22.6. The number of hydrogen-bond acceptors (Lipinski definition) is 2. The van der Waals surface area contributed by atoms with E-state index in [1.54, 1.807) is 0 Å². The van der Waals surface area contributed by atoms with Gasteiger partial charge in [-0.3, -0.25) is 0 Å². The zero-order valence-corrected chi connectivity index (χ0v) is 36.5. The quantitative estimate of drug-likeness (QED) is 0.128. The lowest BCUT2D eigenvalue weighted by molar-refractivity contribution is 1.28. The van der Waals surface area contributed by atoms with Gasteiger partial charge in [-0.15, -0.1) is 0 Å². The van der Waals surface area contributed by atoms with Crippen molar-refractivity contribution in [2.45, 2.75) is 0 Å². The second kappa shape index (κ2) is 18.2. The van der Waals surface area contributed by atoms with Gasteiger partial charge in [0.2, 0.25) is 0 Å². The molecule has 0 aliphatic rings. The standard InChI is InChI=1S/C64H46N2/c1-4-13-47(14-5-1)49-23-27-51(28-24-49)53-31-39-59(40-32-53)65(60-41-33-54(34-42-60)52-29-25-50(26-30-52)48-15-6-2-7-16-48)61-43-35-55(36-44-61)56-37-45-62(46-38-56)66(58-19-8-3-9-20-58)64-22-12-18-57-17-10-11-21-63(57)64/h1-46H. The van der Waals surface area contributed by atoms with Crippen LogP contribution in [0.1, 0.15) is 0 Å². The maximum Gasteiger partial charge on any atom is 0.0540 e. The number of rotatable bonds is 11. The van der Waals surface area contributed by atoms with Crippen molar-refractivity contribution in [3.05, 3.63) is 279 Å². The second-order valence-electron chi connectivity index (χ2n) is 16.6. The van der Waals surface area contributed by atoms with Crippen molar-refractivity contribution in [1.82, 2.24) is 0 Å². The molecule has 0 radical (unpaired) electrons. The third kappa shape index (κ3) is 8.28. The van der Waals surface area contributed by atoms with Crippen LogP contribution in [-0.4, -0.2) is 0 Å². The molecule has 0 aliphatic carbocycles. The van der Waals surface area contributed by atoms with E-state index in [1.165, 1.54) is 55.3 Å². The molecule has 0 heterocycles. The van der Waals surface area contributed by atoms with Crippen molar-refractivity contribution < 1.29 is 0 Å². The molecule has 11 aromatic rings. The average molecular weight is 843 g/mol.